The lowest BCUT2D eigenvalue weighted by molar-refractivity contribution is -0.118. The number of rotatable bonds is 7. The van der Waals surface area contributed by atoms with Gasteiger partial charge in [0, 0.05) is 13.1 Å². The van der Waals surface area contributed by atoms with Crippen LogP contribution >= 0.6 is 0 Å². The summed E-state index contributed by atoms with van der Waals surface area (Å²) in [5.41, 5.74) is 4.05. The molecule has 3 rings (SSSR count). The van der Waals surface area contributed by atoms with E-state index in [0.29, 0.717) is 43.3 Å². The lowest BCUT2D eigenvalue weighted by Gasteiger charge is -2.30. The highest BCUT2D eigenvalue weighted by atomic mass is 16.5. The van der Waals surface area contributed by atoms with Crippen LogP contribution in [0.3, 0.4) is 0 Å². The van der Waals surface area contributed by atoms with E-state index in [9.17, 15) is 9.59 Å². The van der Waals surface area contributed by atoms with Crippen molar-refractivity contribution in [3.05, 3.63) is 53.1 Å². The van der Waals surface area contributed by atoms with Gasteiger partial charge in [0.2, 0.25) is 0 Å². The molecule has 160 valence electrons. The Morgan fingerprint density at radius 2 is 1.83 bits per heavy atom. The number of ether oxygens (including phenoxy) is 3. The second-order valence-electron chi connectivity index (χ2n) is 7.13. The van der Waals surface area contributed by atoms with Gasteiger partial charge >= 0.3 is 5.97 Å². The summed E-state index contributed by atoms with van der Waals surface area (Å²) in [5, 5.41) is 2.89. The molecule has 0 bridgehead atoms. The number of aryl methyl sites for hydroxylation is 2. The highest BCUT2D eigenvalue weighted by Crippen LogP contribution is 2.28. The van der Waals surface area contributed by atoms with Crippen LogP contribution < -0.4 is 15.0 Å². The normalized spacial score (nSPS) is 13.6. The van der Waals surface area contributed by atoms with Gasteiger partial charge in [-0.25, -0.2) is 4.79 Å². The molecule has 0 radical (unpaired) electrons. The maximum absolute atomic E-state index is 12.6. The van der Waals surface area contributed by atoms with Crippen molar-refractivity contribution < 1.29 is 23.8 Å². The average molecular weight is 412 g/mol. The Bertz CT molecular complexity index is 906. The largest absolute Gasteiger partial charge is 0.484 e. The van der Waals surface area contributed by atoms with Gasteiger partial charge in [0.15, 0.2) is 6.61 Å². The van der Waals surface area contributed by atoms with E-state index in [1.54, 1.807) is 19.1 Å². The van der Waals surface area contributed by atoms with Gasteiger partial charge in [-0.15, -0.1) is 0 Å². The van der Waals surface area contributed by atoms with Crippen molar-refractivity contribution in [1.29, 1.82) is 0 Å². The number of amides is 1. The second kappa shape index (κ2) is 10.1. The summed E-state index contributed by atoms with van der Waals surface area (Å²) in [6.45, 7) is 8.58. The number of esters is 1. The fraction of sp³-hybridized carbons (Fsp3) is 0.391. The molecule has 0 atom stereocenters. The summed E-state index contributed by atoms with van der Waals surface area (Å²) < 4.78 is 16.1. The Morgan fingerprint density at radius 3 is 2.53 bits per heavy atom. The molecule has 1 saturated heterocycles. The van der Waals surface area contributed by atoms with Crippen LogP contribution in [-0.2, 0) is 14.3 Å². The van der Waals surface area contributed by atoms with Gasteiger partial charge < -0.3 is 24.4 Å². The molecule has 7 heteroatoms. The number of hydrogen-bond acceptors (Lipinski definition) is 6. The molecule has 0 saturated carbocycles. The van der Waals surface area contributed by atoms with E-state index in [1.165, 1.54) is 0 Å². The van der Waals surface area contributed by atoms with Crippen molar-refractivity contribution >= 4 is 23.3 Å². The van der Waals surface area contributed by atoms with E-state index in [2.05, 4.69) is 10.2 Å². The Hall–Kier alpha value is -3.06. The molecule has 1 N–H and O–H groups in total. The maximum Gasteiger partial charge on any atom is 0.338 e. The van der Waals surface area contributed by atoms with Gasteiger partial charge in [-0.3, -0.25) is 4.79 Å². The van der Waals surface area contributed by atoms with Crippen LogP contribution in [0.4, 0.5) is 11.4 Å². The molecular formula is C23H28N2O5. The fourth-order valence-electron chi connectivity index (χ4n) is 3.20. The Balaban J connectivity index is 1.75. The van der Waals surface area contributed by atoms with Crippen molar-refractivity contribution in [2.75, 3.05) is 49.7 Å². The minimum Gasteiger partial charge on any atom is -0.484 e. The van der Waals surface area contributed by atoms with Gasteiger partial charge in [0.1, 0.15) is 5.75 Å². The van der Waals surface area contributed by atoms with E-state index in [4.69, 9.17) is 14.2 Å². The van der Waals surface area contributed by atoms with Crippen LogP contribution in [0.5, 0.6) is 5.75 Å². The second-order valence-corrected chi connectivity index (χ2v) is 7.13. The number of carbonyl (C=O) groups is 2. The first-order valence-corrected chi connectivity index (χ1v) is 10.1. The van der Waals surface area contributed by atoms with Gasteiger partial charge in [-0.2, -0.15) is 0 Å². The molecule has 1 aliphatic rings. The first-order valence-electron chi connectivity index (χ1n) is 10.1. The molecule has 1 amide bonds. The summed E-state index contributed by atoms with van der Waals surface area (Å²) in [5.74, 6) is -0.0846. The smallest absolute Gasteiger partial charge is 0.338 e. The molecule has 0 unspecified atom stereocenters. The molecular weight excluding hydrogens is 384 g/mol. The number of hydrogen-bond donors (Lipinski definition) is 1. The zero-order valence-electron chi connectivity index (χ0n) is 17.7. The van der Waals surface area contributed by atoms with Crippen LogP contribution in [0.1, 0.15) is 28.4 Å². The minimum absolute atomic E-state index is 0.130. The van der Waals surface area contributed by atoms with Crippen molar-refractivity contribution in [1.82, 2.24) is 0 Å². The van der Waals surface area contributed by atoms with E-state index in [-0.39, 0.29) is 19.1 Å². The topological polar surface area (TPSA) is 77.1 Å². The lowest BCUT2D eigenvalue weighted by Crippen LogP contribution is -2.37. The van der Waals surface area contributed by atoms with E-state index < -0.39 is 5.97 Å². The van der Waals surface area contributed by atoms with Gasteiger partial charge in [-0.1, -0.05) is 6.07 Å². The predicted molar refractivity (Wildman–Crippen MR) is 115 cm³/mol. The predicted octanol–water partition coefficient (Wildman–Crippen LogP) is 3.33. The van der Waals surface area contributed by atoms with Crippen molar-refractivity contribution in [3.8, 4) is 5.75 Å². The number of benzene rings is 2. The molecule has 1 fully saturated rings. The molecule has 0 aliphatic carbocycles. The van der Waals surface area contributed by atoms with Crippen molar-refractivity contribution in [3.63, 3.8) is 0 Å². The van der Waals surface area contributed by atoms with Crippen LogP contribution in [0, 0.1) is 13.8 Å². The number of anilines is 2. The third-order valence-corrected chi connectivity index (χ3v) is 4.98. The summed E-state index contributed by atoms with van der Waals surface area (Å²) in [4.78, 5) is 26.9. The zero-order valence-corrected chi connectivity index (χ0v) is 17.7. The van der Waals surface area contributed by atoms with Crippen molar-refractivity contribution in [2.45, 2.75) is 20.8 Å². The third kappa shape index (κ3) is 5.51. The molecule has 30 heavy (non-hydrogen) atoms. The number of nitrogens with zero attached hydrogens (tertiary/aromatic N) is 1. The van der Waals surface area contributed by atoms with Gasteiger partial charge in [0.25, 0.3) is 5.91 Å². The SMILES string of the molecule is CCOC(=O)c1ccc(N2CCOCC2)c(NC(=O)COc2ccc(C)c(C)c2)c1. The first kappa shape index (κ1) is 21.6. The Kier molecular flexibility index (Phi) is 7.30. The summed E-state index contributed by atoms with van der Waals surface area (Å²) in [7, 11) is 0. The maximum atomic E-state index is 12.6. The van der Waals surface area contributed by atoms with E-state index >= 15 is 0 Å². The van der Waals surface area contributed by atoms with Crippen LogP contribution in [0.15, 0.2) is 36.4 Å². The summed E-state index contributed by atoms with van der Waals surface area (Å²) in [6.07, 6.45) is 0. The zero-order chi connectivity index (χ0) is 21.5. The fourth-order valence-corrected chi connectivity index (χ4v) is 3.20. The van der Waals surface area contributed by atoms with Gasteiger partial charge in [-0.05, 0) is 62.2 Å². The highest BCUT2D eigenvalue weighted by molar-refractivity contribution is 5.98. The molecule has 0 aromatic heterocycles. The number of carbonyl (C=O) groups excluding carboxylic acids is 2. The highest BCUT2D eigenvalue weighted by Gasteiger charge is 2.19. The van der Waals surface area contributed by atoms with Crippen LogP contribution in [0.2, 0.25) is 0 Å². The molecule has 7 nitrogen and oxygen atoms in total. The Morgan fingerprint density at radius 1 is 1.07 bits per heavy atom. The number of nitrogens with one attached hydrogen (secondary N) is 1. The lowest BCUT2D eigenvalue weighted by atomic mass is 10.1. The van der Waals surface area contributed by atoms with Crippen LogP contribution in [-0.4, -0.2) is 51.4 Å². The average Bonchev–Trinajstić information content (AvgIpc) is 2.75. The standard InChI is InChI=1S/C23H28N2O5/c1-4-29-23(27)18-6-8-21(25-9-11-28-12-10-25)20(14-18)24-22(26)15-30-19-7-5-16(2)17(3)13-19/h5-8,13-14H,4,9-12,15H2,1-3H3,(H,24,26). The minimum atomic E-state index is -0.423. The molecule has 2 aromatic carbocycles. The monoisotopic (exact) mass is 412 g/mol. The first-order chi connectivity index (χ1) is 14.5. The third-order valence-electron chi connectivity index (χ3n) is 4.98. The molecule has 1 aliphatic heterocycles. The molecule has 2 aromatic rings. The van der Waals surface area contributed by atoms with Crippen molar-refractivity contribution in [2.24, 2.45) is 0 Å². The molecule has 0 spiro atoms. The molecule has 1 heterocycles. The summed E-state index contributed by atoms with van der Waals surface area (Å²) >= 11 is 0. The van der Waals surface area contributed by atoms with Gasteiger partial charge in [0.05, 0.1) is 36.8 Å². The number of morpholine rings is 1. The Labute approximate surface area is 176 Å². The van der Waals surface area contributed by atoms with E-state index in [0.717, 1.165) is 16.8 Å². The summed E-state index contributed by atoms with van der Waals surface area (Å²) in [6, 6.07) is 10.9. The quantitative estimate of drug-likeness (QED) is 0.703. The van der Waals surface area contributed by atoms with Crippen LogP contribution in [0.25, 0.3) is 0 Å². The van der Waals surface area contributed by atoms with E-state index in [1.807, 2.05) is 38.1 Å².